The lowest BCUT2D eigenvalue weighted by atomic mass is 10.0. The van der Waals surface area contributed by atoms with Crippen LogP contribution in [0, 0.1) is 0 Å². The second-order valence-corrected chi connectivity index (χ2v) is 6.74. The second-order valence-electron chi connectivity index (χ2n) is 6.74. The first-order valence-electron chi connectivity index (χ1n) is 9.25. The van der Waals surface area contributed by atoms with E-state index in [1.807, 2.05) is 53.4 Å². The summed E-state index contributed by atoms with van der Waals surface area (Å²) in [4.78, 5) is 19.2. The highest BCUT2D eigenvalue weighted by atomic mass is 16.5. The molecule has 0 unspecified atom stereocenters. The number of benzene rings is 2. The van der Waals surface area contributed by atoms with Crippen LogP contribution in [0.1, 0.15) is 10.4 Å². The number of morpholine rings is 1. The molecular weight excluding hydrogens is 354 g/mol. The van der Waals surface area contributed by atoms with Crippen LogP contribution in [0.4, 0.5) is 11.5 Å². The van der Waals surface area contributed by atoms with Crippen molar-refractivity contribution in [2.75, 3.05) is 31.6 Å². The number of anilines is 2. The Hall–Kier alpha value is -3.45. The summed E-state index contributed by atoms with van der Waals surface area (Å²) in [6, 6.07) is 15.6. The molecule has 1 aliphatic rings. The van der Waals surface area contributed by atoms with Crippen molar-refractivity contribution in [3.63, 3.8) is 0 Å². The molecular formula is C21H19N5O2. The van der Waals surface area contributed by atoms with Crippen LogP contribution in [-0.2, 0) is 4.74 Å². The molecule has 28 heavy (non-hydrogen) atoms. The van der Waals surface area contributed by atoms with Crippen molar-refractivity contribution in [3.8, 4) is 0 Å². The molecule has 0 spiro atoms. The molecule has 0 atom stereocenters. The highest BCUT2D eigenvalue weighted by Crippen LogP contribution is 2.27. The van der Waals surface area contributed by atoms with Crippen molar-refractivity contribution in [2.45, 2.75) is 0 Å². The normalized spacial score (nSPS) is 14.5. The number of nitrogens with one attached hydrogen (secondary N) is 2. The first-order chi connectivity index (χ1) is 13.8. The van der Waals surface area contributed by atoms with Gasteiger partial charge in [-0.3, -0.25) is 14.9 Å². The molecule has 1 amide bonds. The van der Waals surface area contributed by atoms with Crippen molar-refractivity contribution in [1.29, 1.82) is 0 Å². The maximum absolute atomic E-state index is 12.9. The maximum atomic E-state index is 12.9. The lowest BCUT2D eigenvalue weighted by Crippen LogP contribution is -2.40. The van der Waals surface area contributed by atoms with Gasteiger partial charge in [-0.25, -0.2) is 0 Å². The van der Waals surface area contributed by atoms with Crippen molar-refractivity contribution in [3.05, 3.63) is 60.3 Å². The molecule has 140 valence electrons. The summed E-state index contributed by atoms with van der Waals surface area (Å²) in [5, 5.41) is 12.5. The van der Waals surface area contributed by atoms with E-state index in [0.717, 1.165) is 33.1 Å². The van der Waals surface area contributed by atoms with E-state index in [1.54, 1.807) is 6.20 Å². The Kier molecular flexibility index (Phi) is 4.14. The average molecular weight is 373 g/mol. The van der Waals surface area contributed by atoms with Gasteiger partial charge < -0.3 is 15.0 Å². The SMILES string of the molecule is O=C(c1cccc2cc(Nc3n[nH]c4cccnc34)ccc12)N1CCOCC1. The van der Waals surface area contributed by atoms with Gasteiger partial charge in [0.25, 0.3) is 5.91 Å². The summed E-state index contributed by atoms with van der Waals surface area (Å²) >= 11 is 0. The van der Waals surface area contributed by atoms with Gasteiger partial charge in [-0.05, 0) is 41.1 Å². The van der Waals surface area contributed by atoms with Crippen LogP contribution in [0.25, 0.3) is 21.8 Å². The Bertz CT molecular complexity index is 1160. The number of amides is 1. The largest absolute Gasteiger partial charge is 0.378 e. The van der Waals surface area contributed by atoms with E-state index in [2.05, 4.69) is 20.5 Å². The molecule has 2 aromatic carbocycles. The Labute approximate surface area is 161 Å². The Morgan fingerprint density at radius 3 is 2.89 bits per heavy atom. The third-order valence-electron chi connectivity index (χ3n) is 4.99. The summed E-state index contributed by atoms with van der Waals surface area (Å²) < 4.78 is 5.35. The predicted octanol–water partition coefficient (Wildman–Crippen LogP) is 3.33. The molecule has 2 aromatic heterocycles. The molecule has 0 radical (unpaired) electrons. The number of fused-ring (bicyclic) bond motifs is 2. The van der Waals surface area contributed by atoms with Gasteiger partial charge in [-0.2, -0.15) is 5.10 Å². The molecule has 1 saturated heterocycles. The highest BCUT2D eigenvalue weighted by molar-refractivity contribution is 6.07. The van der Waals surface area contributed by atoms with E-state index < -0.39 is 0 Å². The van der Waals surface area contributed by atoms with Crippen LogP contribution < -0.4 is 5.32 Å². The quantitative estimate of drug-likeness (QED) is 0.576. The number of aromatic nitrogens is 3. The molecule has 0 aliphatic carbocycles. The summed E-state index contributed by atoms with van der Waals surface area (Å²) in [5.74, 6) is 0.729. The van der Waals surface area contributed by atoms with E-state index in [4.69, 9.17) is 4.74 Å². The lowest BCUT2D eigenvalue weighted by Gasteiger charge is -2.27. The molecule has 1 fully saturated rings. The van der Waals surface area contributed by atoms with Crippen molar-refractivity contribution >= 4 is 39.2 Å². The van der Waals surface area contributed by atoms with Gasteiger partial charge in [0.1, 0.15) is 5.52 Å². The third kappa shape index (κ3) is 2.95. The molecule has 1 aliphatic heterocycles. The highest BCUT2D eigenvalue weighted by Gasteiger charge is 2.20. The van der Waals surface area contributed by atoms with E-state index >= 15 is 0 Å². The second kappa shape index (κ2) is 6.94. The first kappa shape index (κ1) is 16.7. The zero-order chi connectivity index (χ0) is 18.9. The number of aromatic amines is 1. The van der Waals surface area contributed by atoms with Crippen molar-refractivity contribution in [2.24, 2.45) is 0 Å². The van der Waals surface area contributed by atoms with E-state index in [0.29, 0.717) is 32.1 Å². The third-order valence-corrected chi connectivity index (χ3v) is 4.99. The molecule has 2 N–H and O–H groups in total. The molecule has 5 rings (SSSR count). The molecule has 7 heteroatoms. The van der Waals surface area contributed by atoms with Gasteiger partial charge in [0.05, 0.1) is 18.7 Å². The van der Waals surface area contributed by atoms with Crippen LogP contribution in [0.15, 0.2) is 54.7 Å². The van der Waals surface area contributed by atoms with Crippen molar-refractivity contribution in [1.82, 2.24) is 20.1 Å². The number of nitrogens with zero attached hydrogens (tertiary/aromatic N) is 3. The van der Waals surface area contributed by atoms with Gasteiger partial charge in [0.15, 0.2) is 5.82 Å². The van der Waals surface area contributed by atoms with Gasteiger partial charge in [-0.1, -0.05) is 18.2 Å². The predicted molar refractivity (Wildman–Crippen MR) is 108 cm³/mol. The van der Waals surface area contributed by atoms with Crippen LogP contribution >= 0.6 is 0 Å². The number of carbonyl (C=O) groups is 1. The Morgan fingerprint density at radius 2 is 2.00 bits per heavy atom. The minimum absolute atomic E-state index is 0.0529. The standard InChI is InChI=1S/C21H19N5O2/c27-21(26-9-11-28-12-10-26)17-4-1-3-14-13-15(6-7-16(14)17)23-20-19-18(24-25-20)5-2-8-22-19/h1-8,13H,9-12H2,(H2,23,24,25). The lowest BCUT2D eigenvalue weighted by molar-refractivity contribution is 0.0304. The maximum Gasteiger partial charge on any atom is 0.254 e. The van der Waals surface area contributed by atoms with E-state index in [1.165, 1.54) is 0 Å². The molecule has 0 bridgehead atoms. The summed E-state index contributed by atoms with van der Waals surface area (Å²) in [6.45, 7) is 2.45. The summed E-state index contributed by atoms with van der Waals surface area (Å²) in [5.41, 5.74) is 3.28. The molecule has 0 saturated carbocycles. The Balaban J connectivity index is 1.47. The fraction of sp³-hybridized carbons (Fsp3) is 0.190. The fourth-order valence-electron chi connectivity index (χ4n) is 3.56. The van der Waals surface area contributed by atoms with E-state index in [-0.39, 0.29) is 5.91 Å². The summed E-state index contributed by atoms with van der Waals surface area (Å²) in [6.07, 6.45) is 1.74. The summed E-state index contributed by atoms with van der Waals surface area (Å²) in [7, 11) is 0. The number of hydrogen-bond donors (Lipinski definition) is 2. The number of rotatable bonds is 3. The van der Waals surface area contributed by atoms with Crippen LogP contribution in [0.2, 0.25) is 0 Å². The monoisotopic (exact) mass is 373 g/mol. The van der Waals surface area contributed by atoms with Gasteiger partial charge in [0, 0.05) is 30.5 Å². The molecule has 3 heterocycles. The average Bonchev–Trinajstić information content (AvgIpc) is 3.16. The first-order valence-corrected chi connectivity index (χ1v) is 9.25. The number of carbonyl (C=O) groups excluding carboxylic acids is 1. The zero-order valence-corrected chi connectivity index (χ0v) is 15.2. The zero-order valence-electron chi connectivity index (χ0n) is 15.2. The smallest absolute Gasteiger partial charge is 0.254 e. The minimum Gasteiger partial charge on any atom is -0.378 e. The molecule has 7 nitrogen and oxygen atoms in total. The van der Waals surface area contributed by atoms with Gasteiger partial charge in [-0.15, -0.1) is 0 Å². The Morgan fingerprint density at radius 1 is 1.11 bits per heavy atom. The van der Waals surface area contributed by atoms with Crippen LogP contribution in [0.5, 0.6) is 0 Å². The van der Waals surface area contributed by atoms with E-state index in [9.17, 15) is 4.79 Å². The van der Waals surface area contributed by atoms with Gasteiger partial charge in [0.2, 0.25) is 0 Å². The van der Waals surface area contributed by atoms with Crippen LogP contribution in [-0.4, -0.2) is 52.3 Å². The van der Waals surface area contributed by atoms with Gasteiger partial charge >= 0.3 is 0 Å². The topological polar surface area (TPSA) is 83.1 Å². The van der Waals surface area contributed by atoms with Crippen LogP contribution in [0.3, 0.4) is 0 Å². The minimum atomic E-state index is 0.0529. The molecule has 4 aromatic rings. The number of H-pyrrole nitrogens is 1. The number of hydrogen-bond acceptors (Lipinski definition) is 5. The number of ether oxygens (including phenoxy) is 1. The number of pyridine rings is 1. The van der Waals surface area contributed by atoms with Crippen molar-refractivity contribution < 1.29 is 9.53 Å². The fourth-order valence-corrected chi connectivity index (χ4v) is 3.56.